The van der Waals surface area contributed by atoms with E-state index in [1.54, 1.807) is 18.2 Å². The molecule has 1 N–H and O–H groups in total. The quantitative estimate of drug-likeness (QED) is 0.650. The molecule has 1 saturated heterocycles. The lowest BCUT2D eigenvalue weighted by atomic mass is 9.89. The Morgan fingerprint density at radius 1 is 1.10 bits per heavy atom. The van der Waals surface area contributed by atoms with Gasteiger partial charge in [0.05, 0.1) is 10.9 Å². The van der Waals surface area contributed by atoms with Crippen LogP contribution in [0.4, 0.5) is 4.39 Å². The summed E-state index contributed by atoms with van der Waals surface area (Å²) in [6.45, 7) is 2.66. The third-order valence-electron chi connectivity index (χ3n) is 5.64. The molecular formula is C23H24FN3O2. The number of ketones is 1. The molecule has 1 aliphatic rings. The summed E-state index contributed by atoms with van der Waals surface area (Å²) in [4.78, 5) is 34.5. The fourth-order valence-corrected chi connectivity index (χ4v) is 3.99. The zero-order valence-corrected chi connectivity index (χ0v) is 16.2. The minimum Gasteiger partial charge on any atom is -0.310 e. The van der Waals surface area contributed by atoms with Crippen LogP contribution in [0.25, 0.3) is 10.9 Å². The molecule has 0 bridgehead atoms. The predicted octanol–water partition coefficient (Wildman–Crippen LogP) is 3.59. The molecule has 0 spiro atoms. The smallest absolute Gasteiger partial charge is 0.258 e. The first-order valence-electron chi connectivity index (χ1n) is 10.1. The fraction of sp³-hybridized carbons (Fsp3) is 0.348. The molecule has 0 unspecified atom stereocenters. The first kappa shape index (κ1) is 19.5. The van der Waals surface area contributed by atoms with E-state index < -0.39 is 0 Å². The topological polar surface area (TPSA) is 66.1 Å². The molecule has 0 radical (unpaired) electrons. The summed E-state index contributed by atoms with van der Waals surface area (Å²) in [6.07, 6.45) is 3.26. The number of para-hydroxylation sites is 1. The Morgan fingerprint density at radius 3 is 2.59 bits per heavy atom. The van der Waals surface area contributed by atoms with Gasteiger partial charge in [-0.05, 0) is 75.3 Å². The van der Waals surface area contributed by atoms with E-state index in [1.807, 2.05) is 18.2 Å². The highest BCUT2D eigenvalue weighted by atomic mass is 19.1. The fourth-order valence-electron chi connectivity index (χ4n) is 3.99. The first-order chi connectivity index (χ1) is 14.1. The van der Waals surface area contributed by atoms with Crippen molar-refractivity contribution in [3.63, 3.8) is 0 Å². The van der Waals surface area contributed by atoms with E-state index in [0.717, 1.165) is 50.2 Å². The van der Waals surface area contributed by atoms with Crippen LogP contribution < -0.4 is 5.56 Å². The van der Waals surface area contributed by atoms with E-state index in [-0.39, 0.29) is 23.1 Å². The number of Topliss-reactive ketones (excluding diaryl/α,β-unsaturated/α-hetero) is 1. The van der Waals surface area contributed by atoms with Gasteiger partial charge < -0.3 is 9.88 Å². The summed E-state index contributed by atoms with van der Waals surface area (Å²) in [5.74, 6) is 0.520. The van der Waals surface area contributed by atoms with E-state index in [0.29, 0.717) is 17.4 Å². The highest BCUT2D eigenvalue weighted by Gasteiger charge is 2.25. The number of aromatic amines is 1. The average Bonchev–Trinajstić information content (AvgIpc) is 2.74. The molecule has 1 aliphatic heterocycles. The van der Waals surface area contributed by atoms with Crippen molar-refractivity contribution < 1.29 is 9.18 Å². The van der Waals surface area contributed by atoms with Crippen molar-refractivity contribution in [2.75, 3.05) is 19.6 Å². The van der Waals surface area contributed by atoms with Gasteiger partial charge in [0.25, 0.3) is 5.56 Å². The highest BCUT2D eigenvalue weighted by molar-refractivity contribution is 5.97. The predicted molar refractivity (Wildman–Crippen MR) is 111 cm³/mol. The summed E-state index contributed by atoms with van der Waals surface area (Å²) >= 11 is 0. The number of hydrogen-bond acceptors (Lipinski definition) is 4. The maximum atomic E-state index is 13.0. The van der Waals surface area contributed by atoms with Gasteiger partial charge in [0.15, 0.2) is 5.78 Å². The van der Waals surface area contributed by atoms with Crippen LogP contribution in [0.15, 0.2) is 53.3 Å². The normalized spacial score (nSPS) is 15.6. The minimum absolute atomic E-state index is 0.00946. The van der Waals surface area contributed by atoms with Crippen molar-refractivity contribution in [1.29, 1.82) is 0 Å². The summed E-state index contributed by atoms with van der Waals surface area (Å²) in [7, 11) is 0. The number of nitrogens with one attached hydrogen (secondary N) is 1. The molecule has 2 heterocycles. The van der Waals surface area contributed by atoms with Gasteiger partial charge >= 0.3 is 0 Å². The highest BCUT2D eigenvalue weighted by Crippen LogP contribution is 2.22. The van der Waals surface area contributed by atoms with Gasteiger partial charge in [-0.1, -0.05) is 12.1 Å². The Kier molecular flexibility index (Phi) is 5.81. The van der Waals surface area contributed by atoms with Crippen LogP contribution in [0.3, 0.4) is 0 Å². The summed E-state index contributed by atoms with van der Waals surface area (Å²) in [5.41, 5.74) is 1.23. The molecule has 3 aromatic rings. The molecule has 150 valence electrons. The third kappa shape index (κ3) is 4.59. The molecule has 0 atom stereocenters. The number of carbonyl (C=O) groups is 1. The molecule has 1 fully saturated rings. The monoisotopic (exact) mass is 393 g/mol. The number of halogens is 1. The van der Waals surface area contributed by atoms with Gasteiger partial charge in [0.2, 0.25) is 0 Å². The lowest BCUT2D eigenvalue weighted by Gasteiger charge is -2.31. The zero-order valence-electron chi connectivity index (χ0n) is 16.2. The second-order valence-electron chi connectivity index (χ2n) is 7.62. The lowest BCUT2D eigenvalue weighted by molar-refractivity contribution is 0.0839. The van der Waals surface area contributed by atoms with Gasteiger partial charge in [-0.3, -0.25) is 9.59 Å². The largest absolute Gasteiger partial charge is 0.310 e. The van der Waals surface area contributed by atoms with E-state index >= 15 is 0 Å². The van der Waals surface area contributed by atoms with Gasteiger partial charge in [-0.25, -0.2) is 9.37 Å². The standard InChI is InChI=1S/C23H24FN3O2/c24-18-9-7-16(8-10-18)22(28)17-11-14-27(15-12-17)13-3-6-21-25-20-5-2-1-4-19(20)23(29)26-21/h1-2,4-5,7-10,17H,3,6,11-15H2,(H,25,26,29). The van der Waals surface area contributed by atoms with E-state index in [9.17, 15) is 14.0 Å². The summed E-state index contributed by atoms with van der Waals surface area (Å²) in [5, 5.41) is 0.615. The van der Waals surface area contributed by atoms with Gasteiger partial charge in [-0.2, -0.15) is 0 Å². The Bertz CT molecular complexity index is 1050. The number of H-pyrrole nitrogens is 1. The number of nitrogens with zero attached hydrogens (tertiary/aromatic N) is 2. The number of hydrogen-bond donors (Lipinski definition) is 1. The molecule has 0 aliphatic carbocycles. The van der Waals surface area contributed by atoms with E-state index in [1.165, 1.54) is 12.1 Å². The molecule has 29 heavy (non-hydrogen) atoms. The Morgan fingerprint density at radius 2 is 1.83 bits per heavy atom. The second-order valence-corrected chi connectivity index (χ2v) is 7.62. The van der Waals surface area contributed by atoms with Crippen LogP contribution in [0.2, 0.25) is 0 Å². The van der Waals surface area contributed by atoms with Crippen molar-refractivity contribution in [3.8, 4) is 0 Å². The number of piperidine rings is 1. The van der Waals surface area contributed by atoms with Gasteiger partial charge in [0.1, 0.15) is 11.6 Å². The molecule has 5 nitrogen and oxygen atoms in total. The van der Waals surface area contributed by atoms with Crippen molar-refractivity contribution in [2.24, 2.45) is 5.92 Å². The number of aryl methyl sites for hydroxylation is 1. The lowest BCUT2D eigenvalue weighted by Crippen LogP contribution is -2.37. The van der Waals surface area contributed by atoms with Gasteiger partial charge in [-0.15, -0.1) is 0 Å². The van der Waals surface area contributed by atoms with Crippen LogP contribution >= 0.6 is 0 Å². The Balaban J connectivity index is 1.27. The second kappa shape index (κ2) is 8.66. The SMILES string of the molecule is O=C(c1ccc(F)cc1)C1CCN(CCCc2nc3ccccc3c(=O)[nH]2)CC1. The summed E-state index contributed by atoms with van der Waals surface area (Å²) in [6, 6.07) is 13.2. The Labute approximate surface area is 168 Å². The molecule has 0 amide bonds. The number of likely N-dealkylation sites (tertiary alicyclic amines) is 1. The number of aromatic nitrogens is 2. The minimum atomic E-state index is -0.321. The molecule has 2 aromatic carbocycles. The molecule has 6 heteroatoms. The first-order valence-corrected chi connectivity index (χ1v) is 10.1. The van der Waals surface area contributed by atoms with Crippen LogP contribution in [-0.2, 0) is 6.42 Å². The van der Waals surface area contributed by atoms with Crippen molar-refractivity contribution in [3.05, 3.63) is 76.1 Å². The summed E-state index contributed by atoms with van der Waals surface area (Å²) < 4.78 is 13.0. The van der Waals surface area contributed by atoms with Crippen LogP contribution in [0, 0.1) is 11.7 Å². The zero-order chi connectivity index (χ0) is 20.2. The molecule has 1 aromatic heterocycles. The van der Waals surface area contributed by atoms with Gasteiger partial charge in [0, 0.05) is 17.9 Å². The van der Waals surface area contributed by atoms with Crippen molar-refractivity contribution >= 4 is 16.7 Å². The molecule has 0 saturated carbocycles. The number of carbonyl (C=O) groups excluding carboxylic acids is 1. The average molecular weight is 393 g/mol. The number of fused-ring (bicyclic) bond motifs is 1. The Hall–Kier alpha value is -2.86. The van der Waals surface area contributed by atoms with Crippen LogP contribution in [0.5, 0.6) is 0 Å². The van der Waals surface area contributed by atoms with E-state index in [4.69, 9.17) is 0 Å². The van der Waals surface area contributed by atoms with Crippen molar-refractivity contribution in [1.82, 2.24) is 14.9 Å². The number of benzene rings is 2. The van der Waals surface area contributed by atoms with Crippen LogP contribution in [-0.4, -0.2) is 40.3 Å². The maximum Gasteiger partial charge on any atom is 0.258 e. The number of rotatable bonds is 6. The third-order valence-corrected chi connectivity index (χ3v) is 5.64. The molecular weight excluding hydrogens is 369 g/mol. The van der Waals surface area contributed by atoms with Crippen molar-refractivity contribution in [2.45, 2.75) is 25.7 Å². The maximum absolute atomic E-state index is 13.0. The molecule has 4 rings (SSSR count). The van der Waals surface area contributed by atoms with E-state index in [2.05, 4.69) is 14.9 Å². The van der Waals surface area contributed by atoms with Crippen LogP contribution in [0.1, 0.15) is 35.4 Å².